The van der Waals surface area contributed by atoms with E-state index >= 15 is 0 Å². The number of aromatic nitrogens is 2. The molecule has 1 N–H and O–H groups in total. The van der Waals surface area contributed by atoms with Crippen LogP contribution < -0.4 is 10.1 Å². The third-order valence-corrected chi connectivity index (χ3v) is 2.89. The van der Waals surface area contributed by atoms with E-state index in [4.69, 9.17) is 4.74 Å². The van der Waals surface area contributed by atoms with Crippen molar-refractivity contribution < 1.29 is 4.74 Å². The predicted octanol–water partition coefficient (Wildman–Crippen LogP) is 3.42. The normalized spacial score (nSPS) is 11.3. The largest absolute Gasteiger partial charge is 0.497 e. The number of nitrogens with one attached hydrogen (secondary N) is 1. The van der Waals surface area contributed by atoms with E-state index < -0.39 is 0 Å². The van der Waals surface area contributed by atoms with E-state index in [-0.39, 0.29) is 5.54 Å². The van der Waals surface area contributed by atoms with Crippen molar-refractivity contribution in [1.29, 1.82) is 0 Å². The zero-order valence-corrected chi connectivity index (χ0v) is 11.8. The third-order valence-electron chi connectivity index (χ3n) is 2.26. The molecule has 0 atom stereocenters. The summed E-state index contributed by atoms with van der Waals surface area (Å²) in [6.45, 7) is 6.30. The van der Waals surface area contributed by atoms with Gasteiger partial charge in [0.25, 0.3) is 0 Å². The van der Waals surface area contributed by atoms with Crippen molar-refractivity contribution in [3.63, 3.8) is 0 Å². The number of hydrogen-bond acceptors (Lipinski definition) is 5. The number of anilines is 1. The van der Waals surface area contributed by atoms with Crippen LogP contribution in [0.5, 0.6) is 5.75 Å². The highest BCUT2D eigenvalue weighted by atomic mass is 32.1. The van der Waals surface area contributed by atoms with Gasteiger partial charge < -0.3 is 10.1 Å². The summed E-state index contributed by atoms with van der Waals surface area (Å²) >= 11 is 1.38. The second-order valence-corrected chi connectivity index (χ2v) is 5.78. The van der Waals surface area contributed by atoms with Gasteiger partial charge in [-0.3, -0.25) is 0 Å². The molecule has 0 aliphatic carbocycles. The monoisotopic (exact) mass is 263 g/mol. The van der Waals surface area contributed by atoms with Crippen LogP contribution in [0.4, 0.5) is 5.13 Å². The van der Waals surface area contributed by atoms with Gasteiger partial charge in [0.15, 0.2) is 5.82 Å². The lowest BCUT2D eigenvalue weighted by atomic mass is 10.1. The number of rotatable bonds is 3. The zero-order chi connectivity index (χ0) is 13.2. The summed E-state index contributed by atoms with van der Waals surface area (Å²) < 4.78 is 9.48. The average Bonchev–Trinajstić information content (AvgIpc) is 2.75. The van der Waals surface area contributed by atoms with E-state index in [0.29, 0.717) is 0 Å². The Morgan fingerprint density at radius 1 is 1.17 bits per heavy atom. The molecule has 0 aliphatic rings. The predicted molar refractivity (Wildman–Crippen MR) is 75.3 cm³/mol. The molecule has 96 valence electrons. The van der Waals surface area contributed by atoms with E-state index in [1.165, 1.54) is 11.5 Å². The lowest BCUT2D eigenvalue weighted by Gasteiger charge is -2.18. The molecule has 0 aliphatic heterocycles. The molecule has 4 nitrogen and oxygen atoms in total. The van der Waals surface area contributed by atoms with Crippen LogP contribution in [0.15, 0.2) is 24.3 Å². The summed E-state index contributed by atoms with van der Waals surface area (Å²) in [6, 6.07) is 7.74. The van der Waals surface area contributed by atoms with Crippen LogP contribution in [-0.4, -0.2) is 22.0 Å². The molecule has 1 aromatic carbocycles. The Morgan fingerprint density at radius 2 is 1.83 bits per heavy atom. The molecule has 5 heteroatoms. The Labute approximate surface area is 111 Å². The maximum atomic E-state index is 5.13. The Kier molecular flexibility index (Phi) is 3.52. The minimum absolute atomic E-state index is 0.00326. The molecule has 0 radical (unpaired) electrons. The van der Waals surface area contributed by atoms with Crippen molar-refractivity contribution in [1.82, 2.24) is 9.36 Å². The maximum Gasteiger partial charge on any atom is 0.203 e. The van der Waals surface area contributed by atoms with Crippen LogP contribution in [0, 0.1) is 0 Å². The molecule has 1 aromatic heterocycles. The van der Waals surface area contributed by atoms with Crippen LogP contribution in [-0.2, 0) is 0 Å². The minimum Gasteiger partial charge on any atom is -0.497 e. The molecule has 18 heavy (non-hydrogen) atoms. The van der Waals surface area contributed by atoms with E-state index in [1.54, 1.807) is 7.11 Å². The summed E-state index contributed by atoms with van der Waals surface area (Å²) in [5, 5.41) is 4.16. The molecule has 0 unspecified atom stereocenters. The molecular weight excluding hydrogens is 246 g/mol. The number of hydrogen-bond donors (Lipinski definition) is 1. The van der Waals surface area contributed by atoms with Crippen molar-refractivity contribution in [3.05, 3.63) is 24.3 Å². The van der Waals surface area contributed by atoms with Gasteiger partial charge in [-0.1, -0.05) is 0 Å². The molecule has 2 rings (SSSR count). The van der Waals surface area contributed by atoms with Gasteiger partial charge in [0.1, 0.15) is 5.75 Å². The fraction of sp³-hybridized carbons (Fsp3) is 0.385. The van der Waals surface area contributed by atoms with Gasteiger partial charge in [-0.05, 0) is 45.0 Å². The van der Waals surface area contributed by atoms with Crippen LogP contribution in [0.25, 0.3) is 11.4 Å². The van der Waals surface area contributed by atoms with Gasteiger partial charge in [-0.2, -0.15) is 9.36 Å². The van der Waals surface area contributed by atoms with Gasteiger partial charge in [0.05, 0.1) is 7.11 Å². The standard InChI is InChI=1S/C13H17N3OS/c1-13(2,3)15-12-14-11(16-18-12)9-5-7-10(17-4)8-6-9/h5-8H,1-4H3,(H,14,15,16). The average molecular weight is 263 g/mol. The summed E-state index contributed by atoms with van der Waals surface area (Å²) in [7, 11) is 1.65. The highest BCUT2D eigenvalue weighted by Crippen LogP contribution is 2.24. The Hall–Kier alpha value is -1.62. The topological polar surface area (TPSA) is 47.0 Å². The fourth-order valence-electron chi connectivity index (χ4n) is 1.45. The van der Waals surface area contributed by atoms with Crippen LogP contribution in [0.1, 0.15) is 20.8 Å². The smallest absolute Gasteiger partial charge is 0.203 e. The van der Waals surface area contributed by atoms with Crippen molar-refractivity contribution >= 4 is 16.7 Å². The summed E-state index contributed by atoms with van der Waals surface area (Å²) in [6.07, 6.45) is 0. The van der Waals surface area contributed by atoms with Gasteiger partial charge >= 0.3 is 0 Å². The van der Waals surface area contributed by atoms with Gasteiger partial charge in [0.2, 0.25) is 5.13 Å². The van der Waals surface area contributed by atoms with Gasteiger partial charge in [-0.25, -0.2) is 0 Å². The van der Waals surface area contributed by atoms with E-state index in [1.807, 2.05) is 24.3 Å². The Bertz CT molecular complexity index is 514. The highest BCUT2D eigenvalue weighted by molar-refractivity contribution is 7.09. The molecule has 2 aromatic rings. The lowest BCUT2D eigenvalue weighted by molar-refractivity contribution is 0.415. The Balaban J connectivity index is 2.18. The van der Waals surface area contributed by atoms with Crippen molar-refractivity contribution in [2.45, 2.75) is 26.3 Å². The van der Waals surface area contributed by atoms with E-state index in [9.17, 15) is 0 Å². The van der Waals surface area contributed by atoms with E-state index in [2.05, 4.69) is 35.4 Å². The van der Waals surface area contributed by atoms with Crippen molar-refractivity contribution in [2.75, 3.05) is 12.4 Å². The first-order chi connectivity index (χ1) is 8.48. The van der Waals surface area contributed by atoms with Crippen LogP contribution >= 0.6 is 11.5 Å². The van der Waals surface area contributed by atoms with Gasteiger partial charge in [-0.15, -0.1) is 0 Å². The first-order valence-corrected chi connectivity index (χ1v) is 6.51. The second-order valence-electron chi connectivity index (χ2n) is 5.03. The minimum atomic E-state index is -0.00326. The molecule has 0 spiro atoms. The number of benzene rings is 1. The molecule has 0 fully saturated rings. The van der Waals surface area contributed by atoms with Crippen LogP contribution in [0.2, 0.25) is 0 Å². The molecule has 1 heterocycles. The summed E-state index contributed by atoms with van der Waals surface area (Å²) in [5.74, 6) is 1.58. The maximum absolute atomic E-state index is 5.13. The van der Waals surface area contributed by atoms with Crippen molar-refractivity contribution in [3.8, 4) is 17.1 Å². The number of ether oxygens (including phenoxy) is 1. The third kappa shape index (κ3) is 3.20. The summed E-state index contributed by atoms with van der Waals surface area (Å²) in [4.78, 5) is 4.48. The Morgan fingerprint density at radius 3 is 2.39 bits per heavy atom. The summed E-state index contributed by atoms with van der Waals surface area (Å²) in [5.41, 5.74) is 0.991. The first-order valence-electron chi connectivity index (χ1n) is 5.74. The quantitative estimate of drug-likeness (QED) is 0.921. The first kappa shape index (κ1) is 12.8. The molecular formula is C13H17N3OS. The molecule has 0 saturated heterocycles. The van der Waals surface area contributed by atoms with Gasteiger partial charge in [0, 0.05) is 22.6 Å². The molecule has 0 amide bonds. The lowest BCUT2D eigenvalue weighted by Crippen LogP contribution is -2.25. The zero-order valence-electron chi connectivity index (χ0n) is 11.0. The number of nitrogens with zero attached hydrogens (tertiary/aromatic N) is 2. The second kappa shape index (κ2) is 4.94. The fourth-order valence-corrected chi connectivity index (χ4v) is 2.25. The molecule has 0 saturated carbocycles. The number of methoxy groups -OCH3 is 1. The van der Waals surface area contributed by atoms with Crippen LogP contribution in [0.3, 0.4) is 0 Å². The highest BCUT2D eigenvalue weighted by Gasteiger charge is 2.13. The SMILES string of the molecule is COc1ccc(-c2nsc(NC(C)(C)C)n2)cc1. The van der Waals surface area contributed by atoms with E-state index in [0.717, 1.165) is 22.3 Å². The molecule has 0 bridgehead atoms. The van der Waals surface area contributed by atoms with Crippen molar-refractivity contribution in [2.24, 2.45) is 0 Å².